The Morgan fingerprint density at radius 3 is 2.31 bits per heavy atom. The smallest absolute Gasteiger partial charge is 0.365 e. The third-order valence-electron chi connectivity index (χ3n) is 4.36. The van der Waals surface area contributed by atoms with Crippen LogP contribution in [0.4, 0.5) is 0 Å². The molecule has 0 saturated carbocycles. The Hall–Kier alpha value is -2.13. The first-order chi connectivity index (χ1) is 12.5. The molecule has 1 fully saturated rings. The van der Waals surface area contributed by atoms with Gasteiger partial charge in [-0.1, -0.05) is 62.4 Å². The third-order valence-corrected chi connectivity index (χ3v) is 6.32. The first kappa shape index (κ1) is 17.3. The van der Waals surface area contributed by atoms with Gasteiger partial charge >= 0.3 is 7.60 Å². The highest BCUT2D eigenvalue weighted by atomic mass is 31.2. The number of para-hydroxylation sites is 1. The number of hydrogen-bond acceptors (Lipinski definition) is 4. The Bertz CT molecular complexity index is 914. The van der Waals surface area contributed by atoms with E-state index in [1.807, 2.05) is 80.6 Å². The molecular formula is C21H21O4P. The van der Waals surface area contributed by atoms with Crippen LogP contribution in [0, 0.1) is 5.41 Å². The first-order valence-electron chi connectivity index (χ1n) is 8.61. The fourth-order valence-corrected chi connectivity index (χ4v) is 5.14. The van der Waals surface area contributed by atoms with Crippen LogP contribution < -0.4 is 4.74 Å². The maximum atomic E-state index is 13.6. The van der Waals surface area contributed by atoms with Crippen LogP contribution in [0.15, 0.2) is 66.4 Å². The van der Waals surface area contributed by atoms with E-state index in [2.05, 4.69) is 0 Å². The summed E-state index contributed by atoms with van der Waals surface area (Å²) < 4.78 is 31.3. The average molecular weight is 368 g/mol. The maximum Gasteiger partial charge on any atom is 0.365 e. The van der Waals surface area contributed by atoms with Gasteiger partial charge in [-0.3, -0.25) is 4.57 Å². The van der Waals surface area contributed by atoms with Gasteiger partial charge in [0.15, 0.2) is 0 Å². The molecule has 0 atom stereocenters. The van der Waals surface area contributed by atoms with Crippen molar-refractivity contribution in [1.82, 2.24) is 0 Å². The minimum absolute atomic E-state index is 0.170. The molecule has 0 amide bonds. The van der Waals surface area contributed by atoms with Crippen LogP contribution >= 0.6 is 7.60 Å². The Morgan fingerprint density at radius 2 is 1.58 bits per heavy atom. The number of hydrogen-bond donors (Lipinski definition) is 0. The van der Waals surface area contributed by atoms with Gasteiger partial charge in [-0.2, -0.15) is 0 Å². The van der Waals surface area contributed by atoms with E-state index in [9.17, 15) is 4.57 Å². The molecule has 134 valence electrons. The minimum Gasteiger partial charge on any atom is -0.456 e. The molecule has 2 aliphatic heterocycles. The van der Waals surface area contributed by atoms with E-state index in [1.54, 1.807) is 0 Å². The fourth-order valence-electron chi connectivity index (χ4n) is 2.92. The molecule has 0 aliphatic carbocycles. The van der Waals surface area contributed by atoms with Gasteiger partial charge in [-0.15, -0.1) is 0 Å². The molecule has 0 radical (unpaired) electrons. The molecule has 2 heterocycles. The Morgan fingerprint density at radius 1 is 0.923 bits per heavy atom. The van der Waals surface area contributed by atoms with E-state index < -0.39 is 7.60 Å². The monoisotopic (exact) mass is 368 g/mol. The molecule has 0 N–H and O–H groups in total. The van der Waals surface area contributed by atoms with Gasteiger partial charge in [0.25, 0.3) is 0 Å². The molecule has 26 heavy (non-hydrogen) atoms. The molecule has 5 heteroatoms. The molecule has 1 saturated heterocycles. The molecule has 0 aromatic heterocycles. The van der Waals surface area contributed by atoms with Crippen molar-refractivity contribution in [2.75, 3.05) is 13.2 Å². The van der Waals surface area contributed by atoms with E-state index in [-0.39, 0.29) is 5.41 Å². The Balaban J connectivity index is 1.82. The molecule has 4 nitrogen and oxygen atoms in total. The van der Waals surface area contributed by atoms with Crippen molar-refractivity contribution in [2.24, 2.45) is 5.41 Å². The molecule has 0 unspecified atom stereocenters. The van der Waals surface area contributed by atoms with Crippen molar-refractivity contribution >= 4 is 19.0 Å². The second-order valence-electron chi connectivity index (χ2n) is 7.26. The lowest BCUT2D eigenvalue weighted by Crippen LogP contribution is -2.29. The van der Waals surface area contributed by atoms with E-state index in [0.29, 0.717) is 24.3 Å². The van der Waals surface area contributed by atoms with Gasteiger partial charge in [0.2, 0.25) is 0 Å². The van der Waals surface area contributed by atoms with E-state index in [1.165, 1.54) is 0 Å². The Kier molecular flexibility index (Phi) is 4.36. The molecule has 2 aliphatic rings. The van der Waals surface area contributed by atoms with Crippen molar-refractivity contribution < 1.29 is 18.3 Å². The summed E-state index contributed by atoms with van der Waals surface area (Å²) in [5.74, 6) is 1.22. The number of rotatable bonds is 2. The van der Waals surface area contributed by atoms with Gasteiger partial charge in [0, 0.05) is 11.0 Å². The molecule has 4 rings (SSSR count). The first-order valence-corrected chi connectivity index (χ1v) is 10.2. The molecule has 0 spiro atoms. The fraction of sp³-hybridized carbons (Fsp3) is 0.238. The minimum atomic E-state index is -3.50. The highest BCUT2D eigenvalue weighted by Crippen LogP contribution is 2.65. The van der Waals surface area contributed by atoms with Crippen molar-refractivity contribution in [3.05, 3.63) is 77.6 Å². The average Bonchev–Trinajstić information content (AvgIpc) is 2.66. The summed E-state index contributed by atoms with van der Waals surface area (Å²) in [4.78, 5) is 0. The summed E-state index contributed by atoms with van der Waals surface area (Å²) >= 11 is 0. The van der Waals surface area contributed by atoms with Gasteiger partial charge in [0.05, 0.1) is 13.2 Å². The normalized spacial score (nSPS) is 22.2. The number of ether oxygens (including phenoxy) is 1. The van der Waals surface area contributed by atoms with E-state index >= 15 is 0 Å². The van der Waals surface area contributed by atoms with Crippen LogP contribution in [-0.4, -0.2) is 13.2 Å². The van der Waals surface area contributed by atoms with Crippen molar-refractivity contribution in [3.8, 4) is 5.75 Å². The summed E-state index contributed by atoms with van der Waals surface area (Å²) in [7, 11) is -3.50. The van der Waals surface area contributed by atoms with Gasteiger partial charge in [-0.05, 0) is 23.8 Å². The SMILES string of the molecule is CC1(C)COP(=O)(/C(=C2\C=Cc3ccccc3O2)c2ccccc2)OC1. The summed E-state index contributed by atoms with van der Waals surface area (Å²) in [5.41, 5.74) is 1.58. The maximum absolute atomic E-state index is 13.6. The third kappa shape index (κ3) is 3.28. The van der Waals surface area contributed by atoms with Crippen molar-refractivity contribution in [2.45, 2.75) is 13.8 Å². The second-order valence-corrected chi connectivity index (χ2v) is 9.22. The highest BCUT2D eigenvalue weighted by Gasteiger charge is 2.42. The lowest BCUT2D eigenvalue weighted by Gasteiger charge is -2.35. The summed E-state index contributed by atoms with van der Waals surface area (Å²) in [6, 6.07) is 17.2. The quantitative estimate of drug-likeness (QED) is 0.635. The largest absolute Gasteiger partial charge is 0.456 e. The molecule has 0 bridgehead atoms. The van der Waals surface area contributed by atoms with Crippen LogP contribution in [0.1, 0.15) is 25.0 Å². The lowest BCUT2D eigenvalue weighted by atomic mass is 9.97. The summed E-state index contributed by atoms with van der Waals surface area (Å²) in [6.45, 7) is 4.79. The Labute approximate surface area is 153 Å². The summed E-state index contributed by atoms with van der Waals surface area (Å²) in [6.07, 6.45) is 3.79. The zero-order chi connectivity index (χ0) is 18.2. The standard InChI is InChI=1S/C21H21O4P/c1-21(2)14-23-26(22,24-15-21)20(17-9-4-3-5-10-17)19-13-12-16-8-6-7-11-18(16)25-19/h3-13H,14-15H2,1-2H3/b20-19+. The van der Waals surface area contributed by atoms with Crippen LogP contribution in [-0.2, 0) is 13.6 Å². The van der Waals surface area contributed by atoms with Crippen LogP contribution in [0.2, 0.25) is 0 Å². The van der Waals surface area contributed by atoms with Crippen molar-refractivity contribution in [3.63, 3.8) is 0 Å². The number of allylic oxidation sites excluding steroid dienone is 1. The van der Waals surface area contributed by atoms with E-state index in [0.717, 1.165) is 16.9 Å². The highest BCUT2D eigenvalue weighted by molar-refractivity contribution is 7.65. The molecule has 2 aromatic carbocycles. The summed E-state index contributed by atoms with van der Waals surface area (Å²) in [5, 5.41) is 0.472. The zero-order valence-electron chi connectivity index (χ0n) is 14.8. The van der Waals surface area contributed by atoms with Crippen LogP contribution in [0.25, 0.3) is 11.4 Å². The van der Waals surface area contributed by atoms with Gasteiger partial charge in [-0.25, -0.2) is 0 Å². The number of benzene rings is 2. The van der Waals surface area contributed by atoms with Crippen molar-refractivity contribution in [1.29, 1.82) is 0 Å². The number of fused-ring (bicyclic) bond motifs is 1. The second kappa shape index (κ2) is 6.55. The predicted molar refractivity (Wildman–Crippen MR) is 103 cm³/mol. The zero-order valence-corrected chi connectivity index (χ0v) is 15.7. The lowest BCUT2D eigenvalue weighted by molar-refractivity contribution is 0.0466. The van der Waals surface area contributed by atoms with Crippen LogP contribution in [0.5, 0.6) is 5.75 Å². The van der Waals surface area contributed by atoms with E-state index in [4.69, 9.17) is 13.8 Å². The predicted octanol–water partition coefficient (Wildman–Crippen LogP) is 5.73. The van der Waals surface area contributed by atoms with Gasteiger partial charge < -0.3 is 13.8 Å². The van der Waals surface area contributed by atoms with Crippen LogP contribution in [0.3, 0.4) is 0 Å². The topological polar surface area (TPSA) is 44.8 Å². The van der Waals surface area contributed by atoms with Gasteiger partial charge in [0.1, 0.15) is 16.8 Å². The molecular weight excluding hydrogens is 347 g/mol. The molecule has 2 aromatic rings.